The van der Waals surface area contributed by atoms with Gasteiger partial charge in [0.1, 0.15) is 22.8 Å². The van der Waals surface area contributed by atoms with Gasteiger partial charge in [-0.2, -0.15) is 0 Å². The summed E-state index contributed by atoms with van der Waals surface area (Å²) < 4.78 is 38.0. The fraction of sp³-hybridized carbons (Fsp3) is 0.179. The minimum Gasteiger partial charge on any atom is -0.497 e. The Kier molecular flexibility index (Phi) is 6.97. The lowest BCUT2D eigenvalue weighted by molar-refractivity contribution is 0.413. The average Bonchev–Trinajstić information content (AvgIpc) is 3.38. The Labute approximate surface area is 221 Å². The second-order valence-corrected chi connectivity index (χ2v) is 10.6. The molecule has 0 radical (unpaired) electrons. The van der Waals surface area contributed by atoms with Gasteiger partial charge in [-0.3, -0.25) is 9.29 Å². The third kappa shape index (κ3) is 5.16. The minimum absolute atomic E-state index is 0.196. The molecule has 0 unspecified atom stereocenters. The molecule has 0 aliphatic rings. The van der Waals surface area contributed by atoms with E-state index in [9.17, 15) is 8.42 Å². The highest BCUT2D eigenvalue weighted by Gasteiger charge is 2.21. The first kappa shape index (κ1) is 25.2. The Morgan fingerprint density at radius 2 is 1.58 bits per heavy atom. The van der Waals surface area contributed by atoms with Crippen LogP contribution in [0.3, 0.4) is 0 Å². The van der Waals surface area contributed by atoms with Crippen LogP contribution in [0.4, 0.5) is 5.69 Å². The van der Waals surface area contributed by atoms with Crippen LogP contribution in [-0.2, 0) is 22.9 Å². The van der Waals surface area contributed by atoms with Crippen molar-refractivity contribution in [3.63, 3.8) is 0 Å². The molecule has 38 heavy (non-hydrogen) atoms. The molecule has 0 bridgehead atoms. The van der Waals surface area contributed by atoms with Crippen LogP contribution < -0.4 is 13.8 Å². The number of ether oxygens (including phenoxy) is 2. The molecular formula is C28H27N5O4S. The van der Waals surface area contributed by atoms with E-state index in [0.29, 0.717) is 29.9 Å². The molecular weight excluding hydrogens is 502 g/mol. The van der Waals surface area contributed by atoms with Gasteiger partial charge in [0, 0.05) is 43.2 Å². The van der Waals surface area contributed by atoms with Crippen molar-refractivity contribution in [1.82, 2.24) is 19.9 Å². The highest BCUT2D eigenvalue weighted by molar-refractivity contribution is 7.92. The third-order valence-corrected chi connectivity index (χ3v) is 8.11. The maximum absolute atomic E-state index is 13.2. The number of benzene rings is 2. The van der Waals surface area contributed by atoms with Gasteiger partial charge in [-0.15, -0.1) is 0 Å². The fourth-order valence-electron chi connectivity index (χ4n) is 4.10. The van der Waals surface area contributed by atoms with Crippen LogP contribution in [0.25, 0.3) is 22.3 Å². The fourth-order valence-corrected chi connectivity index (χ4v) is 5.29. The second kappa shape index (κ2) is 10.5. The van der Waals surface area contributed by atoms with Crippen molar-refractivity contribution in [2.45, 2.75) is 17.7 Å². The SMILES string of the molecule is COc1ccc(N(C)S(=O)(=O)c2ccc(-c3cnc4[nH]c(CCc5cc(OC)ccn5)nc4c3)cc2)cc1. The van der Waals surface area contributed by atoms with Crippen LogP contribution in [0, 0.1) is 0 Å². The predicted molar refractivity (Wildman–Crippen MR) is 146 cm³/mol. The van der Waals surface area contributed by atoms with Crippen molar-refractivity contribution in [3.05, 3.63) is 90.6 Å². The van der Waals surface area contributed by atoms with Crippen LogP contribution in [-0.4, -0.2) is 49.6 Å². The maximum Gasteiger partial charge on any atom is 0.264 e. The van der Waals surface area contributed by atoms with E-state index in [1.165, 1.54) is 11.4 Å². The number of anilines is 1. The first-order chi connectivity index (χ1) is 18.4. The van der Waals surface area contributed by atoms with Gasteiger partial charge in [0.15, 0.2) is 5.65 Å². The van der Waals surface area contributed by atoms with E-state index in [2.05, 4.69) is 15.0 Å². The highest BCUT2D eigenvalue weighted by atomic mass is 32.2. The van der Waals surface area contributed by atoms with Crippen LogP contribution in [0.15, 0.2) is 84.0 Å². The third-order valence-electron chi connectivity index (χ3n) is 6.31. The Morgan fingerprint density at radius 1 is 0.842 bits per heavy atom. The maximum atomic E-state index is 13.2. The molecule has 1 N–H and O–H groups in total. The van der Waals surface area contributed by atoms with Crippen molar-refractivity contribution in [3.8, 4) is 22.6 Å². The summed E-state index contributed by atoms with van der Waals surface area (Å²) in [5.41, 5.74) is 4.59. The smallest absolute Gasteiger partial charge is 0.264 e. The molecule has 5 aromatic rings. The van der Waals surface area contributed by atoms with E-state index in [-0.39, 0.29) is 4.90 Å². The molecule has 5 rings (SSSR count). The minimum atomic E-state index is -3.73. The summed E-state index contributed by atoms with van der Waals surface area (Å²) >= 11 is 0. The molecule has 0 aliphatic heterocycles. The van der Waals surface area contributed by atoms with Crippen LogP contribution in [0.1, 0.15) is 11.5 Å². The molecule has 3 heterocycles. The molecule has 0 saturated heterocycles. The van der Waals surface area contributed by atoms with Gasteiger partial charge in [-0.25, -0.2) is 18.4 Å². The van der Waals surface area contributed by atoms with Crippen LogP contribution in [0.2, 0.25) is 0 Å². The lowest BCUT2D eigenvalue weighted by atomic mass is 10.1. The van der Waals surface area contributed by atoms with E-state index in [4.69, 9.17) is 14.5 Å². The molecule has 0 amide bonds. The number of fused-ring (bicyclic) bond motifs is 1. The number of pyridine rings is 2. The first-order valence-electron chi connectivity index (χ1n) is 11.9. The standard InChI is InChI=1S/C28H27N5O4S/c1-33(22-7-9-23(36-2)10-8-22)38(34,35)25-11-4-19(5-12-25)20-16-26-28(30-18-20)32-27(31-26)13-6-21-17-24(37-3)14-15-29-21/h4-5,7-12,14-18H,6,13H2,1-3H3,(H,30,31,32). The molecule has 0 saturated carbocycles. The summed E-state index contributed by atoms with van der Waals surface area (Å²) in [6.45, 7) is 0. The van der Waals surface area contributed by atoms with E-state index in [1.54, 1.807) is 75.1 Å². The Morgan fingerprint density at radius 3 is 2.29 bits per heavy atom. The molecule has 3 aromatic heterocycles. The highest BCUT2D eigenvalue weighted by Crippen LogP contribution is 2.27. The van der Waals surface area contributed by atoms with Crippen molar-refractivity contribution in [2.24, 2.45) is 0 Å². The number of aromatic nitrogens is 4. The average molecular weight is 530 g/mol. The number of nitrogens with one attached hydrogen (secondary N) is 1. The summed E-state index contributed by atoms with van der Waals surface area (Å²) in [5.74, 6) is 2.25. The molecule has 2 aromatic carbocycles. The summed E-state index contributed by atoms with van der Waals surface area (Å²) in [4.78, 5) is 17.1. The number of hydrogen-bond donors (Lipinski definition) is 1. The van der Waals surface area contributed by atoms with E-state index in [0.717, 1.165) is 33.9 Å². The molecule has 194 valence electrons. The molecule has 0 aliphatic carbocycles. The first-order valence-corrected chi connectivity index (χ1v) is 13.4. The number of aromatic amines is 1. The number of methoxy groups -OCH3 is 2. The summed E-state index contributed by atoms with van der Waals surface area (Å²) in [7, 11) is 1.00. The van der Waals surface area contributed by atoms with Crippen molar-refractivity contribution >= 4 is 26.9 Å². The normalized spacial score (nSPS) is 11.4. The molecule has 0 fully saturated rings. The topological polar surface area (TPSA) is 110 Å². The lowest BCUT2D eigenvalue weighted by Gasteiger charge is -2.20. The number of imidazole rings is 1. The van der Waals surface area contributed by atoms with Gasteiger partial charge in [-0.05, 0) is 60.5 Å². The summed E-state index contributed by atoms with van der Waals surface area (Å²) in [6.07, 6.45) is 4.88. The molecule has 0 spiro atoms. The van der Waals surface area contributed by atoms with Gasteiger partial charge >= 0.3 is 0 Å². The zero-order valence-electron chi connectivity index (χ0n) is 21.2. The van der Waals surface area contributed by atoms with Gasteiger partial charge in [0.2, 0.25) is 0 Å². The number of nitrogens with zero attached hydrogens (tertiary/aromatic N) is 4. The quantitative estimate of drug-likeness (QED) is 0.296. The summed E-state index contributed by atoms with van der Waals surface area (Å²) in [5, 5.41) is 0. The van der Waals surface area contributed by atoms with Crippen LogP contribution >= 0.6 is 0 Å². The predicted octanol–water partition coefficient (Wildman–Crippen LogP) is 4.65. The largest absolute Gasteiger partial charge is 0.497 e. The zero-order chi connectivity index (χ0) is 26.7. The number of hydrogen-bond acceptors (Lipinski definition) is 7. The zero-order valence-corrected chi connectivity index (χ0v) is 22.1. The van der Waals surface area contributed by atoms with Crippen molar-refractivity contribution in [2.75, 3.05) is 25.6 Å². The number of aryl methyl sites for hydroxylation is 2. The lowest BCUT2D eigenvalue weighted by Crippen LogP contribution is -2.26. The van der Waals surface area contributed by atoms with E-state index in [1.807, 2.05) is 18.2 Å². The summed E-state index contributed by atoms with van der Waals surface area (Å²) in [6, 6.07) is 19.3. The monoisotopic (exact) mass is 529 g/mol. The molecule has 0 atom stereocenters. The van der Waals surface area contributed by atoms with E-state index >= 15 is 0 Å². The van der Waals surface area contributed by atoms with Gasteiger partial charge in [-0.1, -0.05) is 12.1 Å². The van der Waals surface area contributed by atoms with Crippen molar-refractivity contribution in [1.29, 1.82) is 0 Å². The number of H-pyrrole nitrogens is 1. The number of rotatable bonds is 9. The van der Waals surface area contributed by atoms with Gasteiger partial charge in [0.05, 0.1) is 24.8 Å². The number of sulfonamides is 1. The molecule has 10 heteroatoms. The van der Waals surface area contributed by atoms with Gasteiger partial charge in [0.25, 0.3) is 10.0 Å². The molecule has 9 nitrogen and oxygen atoms in total. The van der Waals surface area contributed by atoms with Gasteiger partial charge < -0.3 is 14.5 Å². The van der Waals surface area contributed by atoms with Crippen LogP contribution in [0.5, 0.6) is 11.5 Å². The van der Waals surface area contributed by atoms with Crippen molar-refractivity contribution < 1.29 is 17.9 Å². The Hall–Kier alpha value is -4.44. The second-order valence-electron chi connectivity index (χ2n) is 8.66. The Bertz CT molecular complexity index is 1670. The Balaban J connectivity index is 1.32. The van der Waals surface area contributed by atoms with E-state index < -0.39 is 10.0 Å².